The summed E-state index contributed by atoms with van der Waals surface area (Å²) in [5.74, 6) is 0.716. The minimum absolute atomic E-state index is 0.108. The number of carbonyl (C=O) groups excluding carboxylic acids is 2. The number of carbonyl (C=O) groups is 2. The third kappa shape index (κ3) is 6.54. The largest absolute Gasteiger partial charge is 0.497 e. The van der Waals surface area contributed by atoms with Crippen molar-refractivity contribution in [2.45, 2.75) is 58.0 Å². The molecule has 0 aromatic heterocycles. The van der Waals surface area contributed by atoms with Gasteiger partial charge in [0.2, 0.25) is 11.8 Å². The predicted molar refractivity (Wildman–Crippen MR) is 108 cm³/mol. The van der Waals surface area contributed by atoms with Crippen LogP contribution in [0.1, 0.15) is 46.0 Å². The molecule has 0 bridgehead atoms. The third-order valence-electron chi connectivity index (χ3n) is 5.00. The first-order valence-electron chi connectivity index (χ1n) is 9.84. The van der Waals surface area contributed by atoms with Crippen molar-refractivity contribution in [2.24, 2.45) is 0 Å². The first-order chi connectivity index (χ1) is 12.9. The minimum Gasteiger partial charge on any atom is -0.497 e. The van der Waals surface area contributed by atoms with Gasteiger partial charge in [-0.15, -0.1) is 0 Å². The normalized spacial score (nSPS) is 15.0. The number of rotatable bonds is 8. The third-order valence-corrected chi connectivity index (χ3v) is 5.00. The van der Waals surface area contributed by atoms with Crippen LogP contribution in [-0.4, -0.2) is 60.9 Å². The second kappa shape index (κ2) is 10.3. The van der Waals surface area contributed by atoms with E-state index in [0.29, 0.717) is 11.7 Å². The van der Waals surface area contributed by atoms with Crippen molar-refractivity contribution in [1.29, 1.82) is 0 Å². The van der Waals surface area contributed by atoms with E-state index in [1.165, 1.54) is 19.3 Å². The van der Waals surface area contributed by atoms with Gasteiger partial charge in [-0.3, -0.25) is 14.5 Å². The van der Waals surface area contributed by atoms with Crippen molar-refractivity contribution in [3.63, 3.8) is 0 Å². The zero-order chi connectivity index (χ0) is 19.8. The number of ether oxygens (including phenoxy) is 1. The molecule has 27 heavy (non-hydrogen) atoms. The summed E-state index contributed by atoms with van der Waals surface area (Å²) in [7, 11) is 3.41. The van der Waals surface area contributed by atoms with Crippen molar-refractivity contribution >= 4 is 17.5 Å². The fourth-order valence-electron chi connectivity index (χ4n) is 3.76. The highest BCUT2D eigenvalue weighted by molar-refractivity contribution is 5.92. The molecule has 0 spiro atoms. The lowest BCUT2D eigenvalue weighted by atomic mass is 9.93. The molecule has 0 saturated heterocycles. The van der Waals surface area contributed by atoms with Gasteiger partial charge in [-0.05, 0) is 58.0 Å². The Morgan fingerprint density at radius 2 is 1.74 bits per heavy atom. The fourth-order valence-corrected chi connectivity index (χ4v) is 3.76. The zero-order valence-corrected chi connectivity index (χ0v) is 17.0. The van der Waals surface area contributed by atoms with Gasteiger partial charge in [0.15, 0.2) is 0 Å². The molecule has 6 heteroatoms. The molecule has 0 heterocycles. The van der Waals surface area contributed by atoms with Gasteiger partial charge in [-0.2, -0.15) is 0 Å². The second-order valence-corrected chi connectivity index (χ2v) is 7.64. The quantitative estimate of drug-likeness (QED) is 0.758. The lowest BCUT2D eigenvalue weighted by Gasteiger charge is -2.38. The highest BCUT2D eigenvalue weighted by Crippen LogP contribution is 2.24. The molecule has 1 N–H and O–H groups in total. The molecular formula is C21H33N3O3. The molecule has 1 aliphatic carbocycles. The van der Waals surface area contributed by atoms with Gasteiger partial charge in [0.25, 0.3) is 0 Å². The Bertz CT molecular complexity index is 610. The van der Waals surface area contributed by atoms with Crippen LogP contribution in [0.3, 0.4) is 0 Å². The Morgan fingerprint density at radius 1 is 1.11 bits per heavy atom. The molecule has 6 nitrogen and oxygen atoms in total. The van der Waals surface area contributed by atoms with Crippen LogP contribution in [0.4, 0.5) is 5.69 Å². The maximum Gasteiger partial charge on any atom is 0.238 e. The molecule has 1 saturated carbocycles. The molecule has 1 aromatic rings. The summed E-state index contributed by atoms with van der Waals surface area (Å²) in [6.07, 6.45) is 5.84. The molecule has 150 valence electrons. The van der Waals surface area contributed by atoms with Crippen LogP contribution in [0.25, 0.3) is 0 Å². The molecule has 0 unspecified atom stereocenters. The monoisotopic (exact) mass is 375 g/mol. The van der Waals surface area contributed by atoms with E-state index in [0.717, 1.165) is 18.6 Å². The molecule has 0 atom stereocenters. The lowest BCUT2D eigenvalue weighted by molar-refractivity contribution is -0.137. The van der Waals surface area contributed by atoms with Crippen molar-refractivity contribution in [3.8, 4) is 5.75 Å². The van der Waals surface area contributed by atoms with E-state index in [1.807, 2.05) is 11.9 Å². The lowest BCUT2D eigenvalue weighted by Crippen LogP contribution is -2.49. The smallest absolute Gasteiger partial charge is 0.238 e. The zero-order valence-electron chi connectivity index (χ0n) is 17.0. The van der Waals surface area contributed by atoms with E-state index in [9.17, 15) is 9.59 Å². The summed E-state index contributed by atoms with van der Waals surface area (Å²) in [5, 5.41) is 2.85. The number of anilines is 1. The average molecular weight is 376 g/mol. The Labute approximate surface area is 162 Å². The van der Waals surface area contributed by atoms with Gasteiger partial charge < -0.3 is 15.0 Å². The van der Waals surface area contributed by atoms with Gasteiger partial charge >= 0.3 is 0 Å². The van der Waals surface area contributed by atoms with Gasteiger partial charge in [-0.25, -0.2) is 0 Å². The fraction of sp³-hybridized carbons (Fsp3) is 0.619. The number of nitrogens with zero attached hydrogens (tertiary/aromatic N) is 2. The summed E-state index contributed by atoms with van der Waals surface area (Å²) in [6, 6.07) is 7.72. The molecule has 2 amide bonds. The van der Waals surface area contributed by atoms with Crippen molar-refractivity contribution in [1.82, 2.24) is 9.80 Å². The maximum atomic E-state index is 12.8. The van der Waals surface area contributed by atoms with E-state index >= 15 is 0 Å². The van der Waals surface area contributed by atoms with E-state index in [2.05, 4.69) is 19.2 Å². The van der Waals surface area contributed by atoms with Crippen LogP contribution >= 0.6 is 0 Å². The van der Waals surface area contributed by atoms with Crippen LogP contribution < -0.4 is 10.1 Å². The highest BCUT2D eigenvalue weighted by Gasteiger charge is 2.28. The summed E-state index contributed by atoms with van der Waals surface area (Å²) in [4.78, 5) is 28.9. The maximum absolute atomic E-state index is 12.8. The minimum atomic E-state index is -0.135. The summed E-state index contributed by atoms with van der Waals surface area (Å²) < 4.78 is 5.11. The van der Waals surface area contributed by atoms with E-state index in [4.69, 9.17) is 4.74 Å². The Kier molecular flexibility index (Phi) is 8.10. The Hall–Kier alpha value is -2.08. The van der Waals surface area contributed by atoms with Crippen molar-refractivity contribution < 1.29 is 14.3 Å². The number of methoxy groups -OCH3 is 1. The standard InChI is InChI=1S/C21H33N3O3/c1-16(2)24(18-8-6-5-7-9-18)21(26)15-23(3)14-20(25)22-17-10-12-19(27-4)13-11-17/h10-13,16,18H,5-9,14-15H2,1-4H3,(H,22,25). The Morgan fingerprint density at radius 3 is 2.30 bits per heavy atom. The van der Waals surface area contributed by atoms with Gasteiger partial charge in [0.05, 0.1) is 20.2 Å². The van der Waals surface area contributed by atoms with E-state index in [-0.39, 0.29) is 30.9 Å². The molecule has 1 aromatic carbocycles. The number of nitrogens with one attached hydrogen (secondary N) is 1. The molecule has 1 fully saturated rings. The first kappa shape index (κ1) is 21.2. The molecule has 0 aliphatic heterocycles. The highest BCUT2D eigenvalue weighted by atomic mass is 16.5. The van der Waals surface area contributed by atoms with Gasteiger partial charge in [0.1, 0.15) is 5.75 Å². The average Bonchev–Trinajstić information content (AvgIpc) is 2.62. The molecule has 0 radical (unpaired) electrons. The number of benzene rings is 1. The summed E-state index contributed by atoms with van der Waals surface area (Å²) in [6.45, 7) is 4.57. The summed E-state index contributed by atoms with van der Waals surface area (Å²) in [5.41, 5.74) is 0.714. The van der Waals surface area contributed by atoms with Crippen LogP contribution in [0, 0.1) is 0 Å². The molecular weight excluding hydrogens is 342 g/mol. The van der Waals surface area contributed by atoms with Crippen molar-refractivity contribution in [3.05, 3.63) is 24.3 Å². The van der Waals surface area contributed by atoms with Gasteiger partial charge in [0, 0.05) is 17.8 Å². The van der Waals surface area contributed by atoms with Crippen LogP contribution in [0.5, 0.6) is 5.75 Å². The summed E-state index contributed by atoms with van der Waals surface area (Å²) >= 11 is 0. The number of hydrogen-bond donors (Lipinski definition) is 1. The molecule has 2 rings (SSSR count). The number of hydrogen-bond acceptors (Lipinski definition) is 4. The Balaban J connectivity index is 1.85. The number of likely N-dealkylation sites (N-methyl/N-ethyl adjacent to an activating group) is 1. The topological polar surface area (TPSA) is 61.9 Å². The first-order valence-corrected chi connectivity index (χ1v) is 9.84. The SMILES string of the molecule is COc1ccc(NC(=O)CN(C)CC(=O)N(C(C)C)C2CCCCC2)cc1. The van der Waals surface area contributed by atoms with E-state index in [1.54, 1.807) is 36.3 Å². The van der Waals surface area contributed by atoms with Crippen LogP contribution in [-0.2, 0) is 9.59 Å². The predicted octanol–water partition coefficient (Wildman–Crippen LogP) is 3.14. The molecule has 1 aliphatic rings. The van der Waals surface area contributed by atoms with Crippen LogP contribution in [0.15, 0.2) is 24.3 Å². The number of amides is 2. The van der Waals surface area contributed by atoms with Crippen molar-refractivity contribution in [2.75, 3.05) is 32.6 Å². The van der Waals surface area contributed by atoms with E-state index < -0.39 is 0 Å². The van der Waals surface area contributed by atoms with Gasteiger partial charge in [-0.1, -0.05) is 19.3 Å². The second-order valence-electron chi connectivity index (χ2n) is 7.64. The van der Waals surface area contributed by atoms with Crippen LogP contribution in [0.2, 0.25) is 0 Å².